The van der Waals surface area contributed by atoms with Gasteiger partial charge < -0.3 is 31.0 Å². The van der Waals surface area contributed by atoms with E-state index in [1.54, 1.807) is 22.6 Å². The molecule has 2 aromatic heterocycles. The fraction of sp³-hybridized carbons (Fsp3) is 0.462. The van der Waals surface area contributed by atoms with Crippen LogP contribution in [0.4, 0.5) is 22.9 Å². The first-order valence-corrected chi connectivity index (χ1v) is 13.5. The Morgan fingerprint density at radius 3 is 2.56 bits per heavy atom. The van der Waals surface area contributed by atoms with Gasteiger partial charge in [-0.1, -0.05) is 0 Å². The molecular formula is C26H33N7O2S. The SMILES string of the molecule is N=Cc1cc(Nc2ncnc3sc4c(c23)CCCC4)c(N2CCCC2)cc1N.O=CN1CCOCC1. The summed E-state index contributed by atoms with van der Waals surface area (Å²) < 4.78 is 5.00. The van der Waals surface area contributed by atoms with Crippen LogP contribution in [0.3, 0.4) is 0 Å². The van der Waals surface area contributed by atoms with E-state index < -0.39 is 0 Å². The van der Waals surface area contributed by atoms with Crippen LogP contribution in [-0.4, -0.2) is 66.9 Å². The molecule has 1 aliphatic carbocycles. The van der Waals surface area contributed by atoms with E-state index in [-0.39, 0.29) is 0 Å². The monoisotopic (exact) mass is 507 g/mol. The summed E-state index contributed by atoms with van der Waals surface area (Å²) in [5, 5.41) is 12.5. The van der Waals surface area contributed by atoms with Crippen LogP contribution < -0.4 is 16.0 Å². The zero-order chi connectivity index (χ0) is 24.9. The van der Waals surface area contributed by atoms with Crippen LogP contribution >= 0.6 is 11.3 Å². The number of morpholine rings is 1. The molecule has 9 nitrogen and oxygen atoms in total. The van der Waals surface area contributed by atoms with Crippen LogP contribution in [0.5, 0.6) is 0 Å². The van der Waals surface area contributed by atoms with E-state index in [1.807, 2.05) is 12.1 Å². The predicted octanol–water partition coefficient (Wildman–Crippen LogP) is 3.97. The molecule has 0 unspecified atom stereocenters. The lowest BCUT2D eigenvalue weighted by molar-refractivity contribution is -0.121. The lowest BCUT2D eigenvalue weighted by Gasteiger charge is -2.23. The summed E-state index contributed by atoms with van der Waals surface area (Å²) >= 11 is 1.81. The Labute approximate surface area is 215 Å². The van der Waals surface area contributed by atoms with Crippen molar-refractivity contribution >= 4 is 57.1 Å². The summed E-state index contributed by atoms with van der Waals surface area (Å²) in [7, 11) is 0. The molecule has 1 aromatic carbocycles. The summed E-state index contributed by atoms with van der Waals surface area (Å²) in [5.41, 5.74) is 11.0. The van der Waals surface area contributed by atoms with Crippen molar-refractivity contribution in [1.29, 1.82) is 5.41 Å². The van der Waals surface area contributed by atoms with Gasteiger partial charge in [0.05, 0.1) is 30.0 Å². The Kier molecular flexibility index (Phi) is 7.62. The first-order valence-electron chi connectivity index (χ1n) is 12.7. The number of nitrogens with two attached hydrogens (primary N) is 1. The second-order valence-electron chi connectivity index (χ2n) is 9.33. The van der Waals surface area contributed by atoms with Crippen molar-refractivity contribution in [2.75, 3.05) is 55.3 Å². The van der Waals surface area contributed by atoms with Gasteiger partial charge >= 0.3 is 0 Å². The van der Waals surface area contributed by atoms with Gasteiger partial charge in [-0.2, -0.15) is 0 Å². The van der Waals surface area contributed by atoms with Crippen molar-refractivity contribution < 1.29 is 9.53 Å². The van der Waals surface area contributed by atoms with Crippen molar-refractivity contribution in [2.24, 2.45) is 0 Å². The van der Waals surface area contributed by atoms with E-state index in [0.717, 1.165) is 73.0 Å². The molecule has 6 rings (SSSR count). The molecule has 3 aromatic rings. The quantitative estimate of drug-likeness (QED) is 0.271. The van der Waals surface area contributed by atoms with Crippen molar-refractivity contribution in [2.45, 2.75) is 38.5 Å². The summed E-state index contributed by atoms with van der Waals surface area (Å²) in [6.45, 7) is 4.96. The molecule has 1 amide bonds. The van der Waals surface area contributed by atoms with E-state index in [9.17, 15) is 4.79 Å². The van der Waals surface area contributed by atoms with Crippen LogP contribution in [0, 0.1) is 5.41 Å². The number of carbonyl (C=O) groups is 1. The van der Waals surface area contributed by atoms with E-state index >= 15 is 0 Å². The van der Waals surface area contributed by atoms with Crippen LogP contribution in [0.1, 0.15) is 41.7 Å². The number of amides is 1. The van der Waals surface area contributed by atoms with Gasteiger partial charge in [-0.25, -0.2) is 9.97 Å². The van der Waals surface area contributed by atoms with Gasteiger partial charge in [0, 0.05) is 48.5 Å². The molecule has 4 heterocycles. The van der Waals surface area contributed by atoms with E-state index in [2.05, 4.69) is 20.2 Å². The van der Waals surface area contributed by atoms with Crippen molar-refractivity contribution in [3.05, 3.63) is 34.5 Å². The molecule has 0 bridgehead atoms. The lowest BCUT2D eigenvalue weighted by Crippen LogP contribution is -2.34. The van der Waals surface area contributed by atoms with Crippen LogP contribution in [0.25, 0.3) is 10.2 Å². The standard InChI is InChI=1S/C21H24N6S.C5H9NO2/c22-11-13-9-16(17(10-15(13)23)27-7-3-4-8-27)26-20-19-14-5-1-2-6-18(14)28-21(19)25-12-24-20;7-5-6-1-3-8-4-2-6/h9-12,22H,1-8,23H2,(H,24,25,26);5H,1-4H2. The Morgan fingerprint density at radius 1 is 1.06 bits per heavy atom. The largest absolute Gasteiger partial charge is 0.398 e. The molecule has 10 heteroatoms. The Bertz CT molecular complexity index is 1230. The molecule has 2 aliphatic heterocycles. The number of ether oxygens (including phenoxy) is 1. The zero-order valence-electron chi connectivity index (χ0n) is 20.5. The zero-order valence-corrected chi connectivity index (χ0v) is 21.3. The Morgan fingerprint density at radius 2 is 1.83 bits per heavy atom. The highest BCUT2D eigenvalue weighted by Crippen LogP contribution is 2.41. The molecule has 0 radical (unpaired) electrons. The average molecular weight is 508 g/mol. The number of aryl methyl sites for hydroxylation is 2. The maximum absolute atomic E-state index is 10.0. The van der Waals surface area contributed by atoms with Crippen molar-refractivity contribution in [3.8, 4) is 0 Å². The number of hydrogen-bond acceptors (Lipinski definition) is 9. The number of hydrogen-bond donors (Lipinski definition) is 3. The highest BCUT2D eigenvalue weighted by Gasteiger charge is 2.22. The number of anilines is 4. The minimum absolute atomic E-state index is 0.642. The van der Waals surface area contributed by atoms with Gasteiger partial charge in [0.15, 0.2) is 0 Å². The smallest absolute Gasteiger partial charge is 0.209 e. The van der Waals surface area contributed by atoms with Crippen LogP contribution in [0.15, 0.2) is 18.5 Å². The third kappa shape index (κ3) is 5.15. The lowest BCUT2D eigenvalue weighted by atomic mass is 9.97. The number of aromatic nitrogens is 2. The molecule has 2 saturated heterocycles. The number of benzene rings is 1. The number of fused-ring (bicyclic) bond motifs is 3. The second-order valence-corrected chi connectivity index (χ2v) is 10.4. The topological polar surface area (TPSA) is 120 Å². The fourth-order valence-corrected chi connectivity index (χ4v) is 6.29. The van der Waals surface area contributed by atoms with E-state index in [4.69, 9.17) is 15.9 Å². The molecule has 3 aliphatic rings. The molecule has 0 saturated carbocycles. The summed E-state index contributed by atoms with van der Waals surface area (Å²) in [6, 6.07) is 3.97. The van der Waals surface area contributed by atoms with Crippen LogP contribution in [-0.2, 0) is 22.4 Å². The molecule has 0 spiro atoms. The third-order valence-electron chi connectivity index (χ3n) is 7.00. The molecular weight excluding hydrogens is 474 g/mol. The number of nitrogens with one attached hydrogen (secondary N) is 2. The Hall–Kier alpha value is -3.24. The molecule has 2 fully saturated rings. The Balaban J connectivity index is 0.000000286. The number of rotatable bonds is 5. The maximum atomic E-state index is 10.0. The molecule has 36 heavy (non-hydrogen) atoms. The first kappa shape index (κ1) is 24.5. The summed E-state index contributed by atoms with van der Waals surface area (Å²) in [4.78, 5) is 25.8. The van der Waals surface area contributed by atoms with Gasteiger partial charge in [0.25, 0.3) is 0 Å². The van der Waals surface area contributed by atoms with Gasteiger partial charge in [-0.05, 0) is 56.2 Å². The number of thiophene rings is 1. The average Bonchev–Trinajstić information content (AvgIpc) is 3.59. The molecule has 4 N–H and O–H groups in total. The number of nitrogen functional groups attached to an aromatic ring is 1. The second kappa shape index (κ2) is 11.2. The molecule has 0 atom stereocenters. The van der Waals surface area contributed by atoms with E-state index in [1.165, 1.54) is 47.7 Å². The normalized spacial score (nSPS) is 17.3. The molecule has 190 valence electrons. The minimum atomic E-state index is 0.642. The van der Waals surface area contributed by atoms with Crippen molar-refractivity contribution in [3.63, 3.8) is 0 Å². The number of carbonyl (C=O) groups excluding carboxylic acids is 1. The summed E-state index contributed by atoms with van der Waals surface area (Å²) in [6.07, 6.45) is 11.0. The minimum Gasteiger partial charge on any atom is -0.398 e. The third-order valence-corrected chi connectivity index (χ3v) is 8.20. The predicted molar refractivity (Wildman–Crippen MR) is 146 cm³/mol. The van der Waals surface area contributed by atoms with Gasteiger partial charge in [0.1, 0.15) is 17.0 Å². The highest BCUT2D eigenvalue weighted by molar-refractivity contribution is 7.19. The van der Waals surface area contributed by atoms with Crippen LogP contribution in [0.2, 0.25) is 0 Å². The first-order chi connectivity index (χ1) is 17.7. The highest BCUT2D eigenvalue weighted by atomic mass is 32.1. The van der Waals surface area contributed by atoms with Crippen molar-refractivity contribution in [1.82, 2.24) is 14.9 Å². The van der Waals surface area contributed by atoms with E-state index in [0.29, 0.717) is 18.9 Å². The summed E-state index contributed by atoms with van der Waals surface area (Å²) in [5.74, 6) is 0.866. The van der Waals surface area contributed by atoms with Gasteiger partial charge in [0.2, 0.25) is 6.41 Å². The maximum Gasteiger partial charge on any atom is 0.209 e. The van der Waals surface area contributed by atoms with Gasteiger partial charge in [-0.3, -0.25) is 4.79 Å². The fourth-order valence-electron chi connectivity index (χ4n) is 5.06. The van der Waals surface area contributed by atoms with Gasteiger partial charge in [-0.15, -0.1) is 11.3 Å². The number of nitrogens with zero attached hydrogens (tertiary/aromatic N) is 4.